The maximum absolute atomic E-state index is 12.1. The number of amides is 1. The predicted octanol–water partition coefficient (Wildman–Crippen LogP) is 2.92. The average Bonchev–Trinajstić information content (AvgIpc) is 3.20. The summed E-state index contributed by atoms with van der Waals surface area (Å²) in [5.74, 6) is -0.217. The van der Waals surface area contributed by atoms with E-state index < -0.39 is 4.75 Å². The van der Waals surface area contributed by atoms with Crippen molar-refractivity contribution in [1.29, 1.82) is 0 Å². The van der Waals surface area contributed by atoms with Crippen molar-refractivity contribution in [3.63, 3.8) is 0 Å². The largest absolute Gasteiger partial charge is 0.381 e. The van der Waals surface area contributed by atoms with Gasteiger partial charge in [0.1, 0.15) is 4.75 Å². The molecule has 4 rings (SSSR count). The van der Waals surface area contributed by atoms with E-state index in [1.165, 1.54) is 16.0 Å². The van der Waals surface area contributed by atoms with Gasteiger partial charge in [-0.2, -0.15) is 0 Å². The molecule has 0 saturated carbocycles. The third-order valence-electron chi connectivity index (χ3n) is 5.39. The van der Waals surface area contributed by atoms with E-state index >= 15 is 0 Å². The highest BCUT2D eigenvalue weighted by Gasteiger charge is 2.41. The number of benzene rings is 1. The van der Waals surface area contributed by atoms with E-state index in [0.29, 0.717) is 26.1 Å². The van der Waals surface area contributed by atoms with E-state index in [0.717, 1.165) is 31.3 Å². The van der Waals surface area contributed by atoms with Gasteiger partial charge in [0.15, 0.2) is 5.13 Å². The van der Waals surface area contributed by atoms with Crippen molar-refractivity contribution >= 4 is 34.3 Å². The predicted molar refractivity (Wildman–Crippen MR) is 116 cm³/mol. The lowest BCUT2D eigenvalue weighted by Crippen LogP contribution is -2.51. The zero-order valence-corrected chi connectivity index (χ0v) is 17.7. The van der Waals surface area contributed by atoms with Crippen molar-refractivity contribution in [2.45, 2.75) is 24.5 Å². The van der Waals surface area contributed by atoms with Crippen LogP contribution in [-0.4, -0.2) is 59.3 Å². The first-order chi connectivity index (χ1) is 13.6. The molecule has 3 heterocycles. The summed E-state index contributed by atoms with van der Waals surface area (Å²) in [4.78, 5) is 20.3. The highest BCUT2D eigenvalue weighted by Crippen LogP contribution is 2.39. The van der Waals surface area contributed by atoms with E-state index in [4.69, 9.17) is 10.5 Å². The highest BCUT2D eigenvalue weighted by molar-refractivity contribution is 7.99. The molecule has 2 aliphatic rings. The number of ether oxygens (including phenoxy) is 1. The number of primary amides is 1. The number of rotatable bonds is 5. The van der Waals surface area contributed by atoms with Gasteiger partial charge in [-0.25, -0.2) is 9.29 Å². The SMILES string of the molecule is Cc1ccc(-c2cnc(N3CCN(SC4(C(N)=O)CCOCC4)CC3)s2)cc1. The third kappa shape index (κ3) is 4.20. The number of aryl methyl sites for hydroxylation is 1. The molecule has 1 aromatic heterocycles. The number of thiazole rings is 1. The molecule has 6 nitrogen and oxygen atoms in total. The van der Waals surface area contributed by atoms with Crippen LogP contribution in [0.4, 0.5) is 5.13 Å². The Balaban J connectivity index is 1.36. The van der Waals surface area contributed by atoms with Crippen LogP contribution in [0.1, 0.15) is 18.4 Å². The molecule has 2 saturated heterocycles. The van der Waals surface area contributed by atoms with Crippen LogP contribution < -0.4 is 10.6 Å². The molecule has 2 aliphatic heterocycles. The van der Waals surface area contributed by atoms with Crippen LogP contribution in [-0.2, 0) is 9.53 Å². The maximum atomic E-state index is 12.1. The second kappa shape index (κ2) is 8.41. The second-order valence-corrected chi connectivity index (χ2v) is 9.84. The minimum absolute atomic E-state index is 0.217. The number of anilines is 1. The van der Waals surface area contributed by atoms with Gasteiger partial charge in [-0.15, -0.1) is 0 Å². The molecule has 1 aromatic carbocycles. The first kappa shape index (κ1) is 19.7. The molecule has 0 atom stereocenters. The number of hydrogen-bond donors (Lipinski definition) is 1. The standard InChI is InChI=1S/C20H26N4O2S2/c1-15-2-4-16(5-3-15)17-14-22-19(27-17)23-8-10-24(11-9-23)28-20(18(21)25)6-12-26-13-7-20/h2-5,14H,6-13H2,1H3,(H2,21,25). The summed E-state index contributed by atoms with van der Waals surface area (Å²) < 4.78 is 7.21. The van der Waals surface area contributed by atoms with Crippen molar-refractivity contribution < 1.29 is 9.53 Å². The minimum Gasteiger partial charge on any atom is -0.381 e. The first-order valence-electron chi connectivity index (χ1n) is 9.65. The Labute approximate surface area is 174 Å². The van der Waals surface area contributed by atoms with E-state index in [1.807, 2.05) is 6.20 Å². The molecule has 28 heavy (non-hydrogen) atoms. The lowest BCUT2D eigenvalue weighted by atomic mass is 9.98. The van der Waals surface area contributed by atoms with E-state index in [1.54, 1.807) is 23.3 Å². The summed E-state index contributed by atoms with van der Waals surface area (Å²) in [6.07, 6.45) is 3.36. The Morgan fingerprint density at radius 2 is 1.86 bits per heavy atom. The Kier molecular flexibility index (Phi) is 5.91. The summed E-state index contributed by atoms with van der Waals surface area (Å²) >= 11 is 3.37. The van der Waals surface area contributed by atoms with Crippen LogP contribution in [0.2, 0.25) is 0 Å². The highest BCUT2D eigenvalue weighted by atomic mass is 32.2. The van der Waals surface area contributed by atoms with Crippen LogP contribution in [0.5, 0.6) is 0 Å². The zero-order valence-electron chi connectivity index (χ0n) is 16.1. The molecule has 0 unspecified atom stereocenters. The molecule has 2 aromatic rings. The van der Waals surface area contributed by atoms with Gasteiger partial charge in [0, 0.05) is 45.6 Å². The maximum Gasteiger partial charge on any atom is 0.235 e. The van der Waals surface area contributed by atoms with Crippen LogP contribution >= 0.6 is 23.3 Å². The Hall–Kier alpha value is -1.61. The number of carbonyl (C=O) groups excluding carboxylic acids is 1. The molecule has 0 radical (unpaired) electrons. The molecular formula is C20H26N4O2S2. The van der Waals surface area contributed by atoms with Gasteiger partial charge in [-0.1, -0.05) is 53.1 Å². The van der Waals surface area contributed by atoms with E-state index in [-0.39, 0.29) is 5.91 Å². The Morgan fingerprint density at radius 3 is 2.50 bits per heavy atom. The number of hydrogen-bond acceptors (Lipinski definition) is 7. The van der Waals surface area contributed by atoms with E-state index in [9.17, 15) is 4.79 Å². The number of aromatic nitrogens is 1. The van der Waals surface area contributed by atoms with Crippen LogP contribution in [0.3, 0.4) is 0 Å². The van der Waals surface area contributed by atoms with Crippen LogP contribution in [0.25, 0.3) is 10.4 Å². The van der Waals surface area contributed by atoms with Crippen molar-refractivity contribution in [1.82, 2.24) is 9.29 Å². The summed E-state index contributed by atoms with van der Waals surface area (Å²) in [6.45, 7) is 6.90. The quantitative estimate of drug-likeness (QED) is 0.753. The average molecular weight is 419 g/mol. The van der Waals surface area contributed by atoms with Gasteiger partial charge in [0.05, 0.1) is 4.88 Å². The van der Waals surface area contributed by atoms with Crippen molar-refractivity contribution in [3.8, 4) is 10.4 Å². The van der Waals surface area contributed by atoms with Gasteiger partial charge in [0.2, 0.25) is 5.91 Å². The smallest absolute Gasteiger partial charge is 0.235 e. The summed E-state index contributed by atoms with van der Waals surface area (Å²) in [6, 6.07) is 8.57. The van der Waals surface area contributed by atoms with Gasteiger partial charge in [-0.05, 0) is 25.3 Å². The Morgan fingerprint density at radius 1 is 1.18 bits per heavy atom. The molecule has 0 aliphatic carbocycles. The summed E-state index contributed by atoms with van der Waals surface area (Å²) in [5.41, 5.74) is 8.22. The van der Waals surface area contributed by atoms with Crippen LogP contribution in [0, 0.1) is 6.92 Å². The molecule has 2 N–H and O–H groups in total. The minimum atomic E-state index is -0.514. The van der Waals surface area contributed by atoms with Crippen molar-refractivity contribution in [2.24, 2.45) is 5.73 Å². The molecule has 0 bridgehead atoms. The fourth-order valence-corrected chi connectivity index (χ4v) is 5.82. The van der Waals surface area contributed by atoms with Gasteiger partial charge < -0.3 is 15.4 Å². The molecule has 150 valence electrons. The molecule has 1 amide bonds. The summed E-state index contributed by atoms with van der Waals surface area (Å²) in [7, 11) is 0. The third-order valence-corrected chi connectivity index (χ3v) is 8.08. The topological polar surface area (TPSA) is 71.7 Å². The number of piperazine rings is 1. The molecule has 0 spiro atoms. The fraction of sp³-hybridized carbons (Fsp3) is 0.500. The van der Waals surface area contributed by atoms with Crippen molar-refractivity contribution in [2.75, 3.05) is 44.3 Å². The summed E-state index contributed by atoms with van der Waals surface area (Å²) in [5, 5.41) is 1.07. The second-order valence-electron chi connectivity index (χ2n) is 7.35. The number of nitrogens with zero attached hydrogens (tertiary/aromatic N) is 3. The molecule has 2 fully saturated rings. The molecule has 8 heteroatoms. The van der Waals surface area contributed by atoms with Crippen molar-refractivity contribution in [3.05, 3.63) is 36.0 Å². The lowest BCUT2D eigenvalue weighted by Gasteiger charge is -2.40. The van der Waals surface area contributed by atoms with Crippen LogP contribution in [0.15, 0.2) is 30.5 Å². The monoisotopic (exact) mass is 418 g/mol. The number of carbonyl (C=O) groups is 1. The molecular weight excluding hydrogens is 392 g/mol. The normalized spacial score (nSPS) is 20.2. The first-order valence-corrected chi connectivity index (χ1v) is 11.2. The van der Waals surface area contributed by atoms with Gasteiger partial charge in [-0.3, -0.25) is 4.79 Å². The van der Waals surface area contributed by atoms with Gasteiger partial charge in [0.25, 0.3) is 0 Å². The fourth-order valence-electron chi connectivity index (χ4n) is 3.56. The van der Waals surface area contributed by atoms with Gasteiger partial charge >= 0.3 is 0 Å². The zero-order chi connectivity index (χ0) is 19.6. The lowest BCUT2D eigenvalue weighted by molar-refractivity contribution is -0.122. The Bertz CT molecular complexity index is 810. The van der Waals surface area contributed by atoms with E-state index in [2.05, 4.69) is 45.4 Å². The number of nitrogens with two attached hydrogens (primary N) is 1.